The van der Waals surface area contributed by atoms with Gasteiger partial charge in [-0.15, -0.1) is 0 Å². The fourth-order valence-electron chi connectivity index (χ4n) is 1.41. The van der Waals surface area contributed by atoms with Crippen LogP contribution in [-0.4, -0.2) is 41.4 Å². The van der Waals surface area contributed by atoms with Crippen molar-refractivity contribution in [1.29, 1.82) is 0 Å². The van der Waals surface area contributed by atoms with Crippen LogP contribution in [0.15, 0.2) is 10.3 Å². The fourth-order valence-corrected chi connectivity index (χ4v) is 10.3. The van der Waals surface area contributed by atoms with E-state index in [1.807, 2.05) is 27.7 Å². The number of halogens is 1. The van der Waals surface area contributed by atoms with Crippen molar-refractivity contribution >= 4 is 69.4 Å². The van der Waals surface area contributed by atoms with E-state index >= 15 is 0 Å². The van der Waals surface area contributed by atoms with Crippen molar-refractivity contribution in [1.82, 2.24) is 15.0 Å². The highest BCUT2D eigenvalue weighted by Gasteiger charge is 2.26. The summed E-state index contributed by atoms with van der Waals surface area (Å²) >= 11 is 19.3. The van der Waals surface area contributed by atoms with Gasteiger partial charge in [-0.1, -0.05) is 0 Å². The van der Waals surface area contributed by atoms with E-state index in [9.17, 15) is 0 Å². The van der Waals surface area contributed by atoms with E-state index in [1.165, 1.54) is 0 Å². The smallest absolute Gasteiger partial charge is 0.255 e. The van der Waals surface area contributed by atoms with Crippen molar-refractivity contribution in [2.75, 3.05) is 26.4 Å². The predicted octanol–water partition coefficient (Wildman–Crippen LogP) is 5.30. The van der Waals surface area contributed by atoms with Gasteiger partial charge in [-0.3, -0.25) is 0 Å². The Balaban J connectivity index is 3.06. The second-order valence-corrected chi connectivity index (χ2v) is 16.4. The molecule has 0 aliphatic carbocycles. The number of hydrogen-bond acceptors (Lipinski definition) is 11. The van der Waals surface area contributed by atoms with Crippen LogP contribution >= 0.6 is 45.8 Å². The highest BCUT2D eigenvalue weighted by Crippen LogP contribution is 2.65. The third kappa shape index (κ3) is 8.79. The van der Waals surface area contributed by atoms with Crippen molar-refractivity contribution < 1.29 is 18.1 Å². The lowest BCUT2D eigenvalue weighted by Crippen LogP contribution is -1.99. The van der Waals surface area contributed by atoms with Crippen LogP contribution in [-0.2, 0) is 41.7 Å². The lowest BCUT2D eigenvalue weighted by molar-refractivity contribution is 0.280. The van der Waals surface area contributed by atoms with Crippen LogP contribution in [0, 0.1) is 0 Å². The molecule has 1 heterocycles. The van der Waals surface area contributed by atoms with E-state index in [2.05, 4.69) is 15.0 Å². The molecule has 0 spiro atoms. The van der Waals surface area contributed by atoms with Crippen LogP contribution in [0.25, 0.3) is 0 Å². The van der Waals surface area contributed by atoms with Gasteiger partial charge < -0.3 is 18.1 Å². The summed E-state index contributed by atoms with van der Waals surface area (Å²) in [6, 6.07) is 0. The van der Waals surface area contributed by atoms with Crippen molar-refractivity contribution in [3.63, 3.8) is 0 Å². The molecule has 0 amide bonds. The van der Waals surface area contributed by atoms with Gasteiger partial charge in [-0.05, 0) is 62.9 Å². The summed E-state index contributed by atoms with van der Waals surface area (Å²) in [7, 11) is 0. The first-order valence-electron chi connectivity index (χ1n) is 7.38. The zero-order valence-corrected chi connectivity index (χ0v) is 20.0. The van der Waals surface area contributed by atoms with E-state index in [0.29, 0.717) is 36.7 Å². The van der Waals surface area contributed by atoms with Gasteiger partial charge in [0.2, 0.25) is 15.6 Å². The molecule has 1 aromatic heterocycles. The first kappa shape index (κ1) is 24.2. The molecular weight excluding hydrogens is 464 g/mol. The van der Waals surface area contributed by atoms with Crippen molar-refractivity contribution in [2.24, 2.45) is 0 Å². The van der Waals surface area contributed by atoms with Gasteiger partial charge in [0.1, 0.15) is 0 Å². The minimum absolute atomic E-state index is 0.0316. The molecule has 0 atom stereocenters. The molecule has 14 heteroatoms. The summed E-state index contributed by atoms with van der Waals surface area (Å²) in [6.07, 6.45) is 0. The molecule has 0 N–H and O–H groups in total. The van der Waals surface area contributed by atoms with Crippen LogP contribution in [0.2, 0.25) is 5.28 Å². The third-order valence-corrected chi connectivity index (χ3v) is 11.9. The minimum atomic E-state index is -2.61. The van der Waals surface area contributed by atoms with E-state index in [4.69, 9.17) is 53.3 Å². The molecular formula is C11H20ClN3O4P2S4. The van der Waals surface area contributed by atoms with Crippen LogP contribution in [0.1, 0.15) is 27.7 Å². The van der Waals surface area contributed by atoms with Crippen molar-refractivity contribution in [2.45, 2.75) is 38.0 Å². The van der Waals surface area contributed by atoms with Gasteiger partial charge >= 0.3 is 0 Å². The normalized spacial score (nSPS) is 12.5. The number of rotatable bonds is 12. The molecule has 144 valence electrons. The molecule has 1 aromatic rings. The molecule has 0 aliphatic rings. The molecule has 0 bridgehead atoms. The Morgan fingerprint density at radius 3 is 1.36 bits per heavy atom. The Labute approximate surface area is 171 Å². The molecule has 1 rings (SSSR count). The summed E-state index contributed by atoms with van der Waals surface area (Å²) in [5, 5.41) is 0.675. The van der Waals surface area contributed by atoms with Gasteiger partial charge in [-0.2, -0.15) is 15.0 Å². The quantitative estimate of drug-likeness (QED) is 0.363. The first-order valence-corrected chi connectivity index (χ1v) is 15.9. The maximum absolute atomic E-state index is 6.02. The highest BCUT2D eigenvalue weighted by atomic mass is 35.5. The maximum Gasteiger partial charge on any atom is 0.255 e. The average molecular weight is 484 g/mol. The second-order valence-electron chi connectivity index (χ2n) is 3.92. The number of aromatic nitrogens is 3. The monoisotopic (exact) mass is 483 g/mol. The first-order chi connectivity index (χ1) is 11.8. The van der Waals surface area contributed by atoms with E-state index in [-0.39, 0.29) is 5.28 Å². The van der Waals surface area contributed by atoms with Gasteiger partial charge in [0.15, 0.2) is 0 Å². The molecule has 0 saturated heterocycles. The minimum Gasteiger partial charge on any atom is -0.322 e. The maximum atomic E-state index is 6.02. The molecule has 7 nitrogen and oxygen atoms in total. The Bertz CT molecular complexity index is 588. The summed E-state index contributed by atoms with van der Waals surface area (Å²) in [6.45, 7) is 9.12. The van der Waals surface area contributed by atoms with Crippen LogP contribution in [0.3, 0.4) is 0 Å². The predicted molar refractivity (Wildman–Crippen MR) is 112 cm³/mol. The van der Waals surface area contributed by atoms with Gasteiger partial charge in [-0.25, -0.2) is 0 Å². The summed E-state index contributed by atoms with van der Waals surface area (Å²) in [5.41, 5.74) is -5.22. The largest absolute Gasteiger partial charge is 0.322 e. The lowest BCUT2D eigenvalue weighted by atomic mass is 10.9. The summed E-state index contributed by atoms with van der Waals surface area (Å²) in [4.78, 5) is 12.5. The molecule has 0 aliphatic heterocycles. The summed E-state index contributed by atoms with van der Waals surface area (Å²) in [5.74, 6) is 0. The standard InChI is InChI=1S/C11H20ClN3O4P2S4/c1-5-16-20(22,17-6-2)24-10-13-9(12)14-11(15-10)25-21(23,18-7-3)19-8-4/h5-8H2,1-4H3. The Morgan fingerprint density at radius 1 is 0.760 bits per heavy atom. The van der Waals surface area contributed by atoms with Crippen LogP contribution in [0.5, 0.6) is 0 Å². The molecule has 0 unspecified atom stereocenters. The Hall–Kier alpha value is 1.14. The third-order valence-electron chi connectivity index (χ3n) is 2.10. The topological polar surface area (TPSA) is 75.6 Å². The fraction of sp³-hybridized carbons (Fsp3) is 0.727. The molecule has 0 aromatic carbocycles. The molecule has 0 radical (unpaired) electrons. The van der Waals surface area contributed by atoms with Gasteiger partial charge in [0, 0.05) is 22.8 Å². The Morgan fingerprint density at radius 2 is 1.08 bits per heavy atom. The van der Waals surface area contributed by atoms with Crippen molar-refractivity contribution in [3.8, 4) is 0 Å². The second kappa shape index (κ2) is 11.9. The lowest BCUT2D eigenvalue weighted by Gasteiger charge is -2.20. The van der Waals surface area contributed by atoms with Crippen LogP contribution < -0.4 is 0 Å². The van der Waals surface area contributed by atoms with Crippen LogP contribution in [0.4, 0.5) is 0 Å². The SMILES string of the molecule is CCOP(=S)(OCC)Sc1nc(Cl)nc(SP(=S)(OCC)OCC)n1. The summed E-state index contributed by atoms with van der Waals surface area (Å²) < 4.78 is 22.3. The number of nitrogens with zero attached hydrogens (tertiary/aromatic N) is 3. The van der Waals surface area contributed by atoms with Gasteiger partial charge in [0.25, 0.3) is 11.4 Å². The highest BCUT2D eigenvalue weighted by molar-refractivity contribution is 8.68. The molecule has 0 fully saturated rings. The van der Waals surface area contributed by atoms with E-state index < -0.39 is 11.4 Å². The van der Waals surface area contributed by atoms with Gasteiger partial charge in [0.05, 0.1) is 26.4 Å². The number of hydrogen-bond donors (Lipinski definition) is 0. The van der Waals surface area contributed by atoms with Crippen molar-refractivity contribution in [3.05, 3.63) is 5.28 Å². The zero-order chi connectivity index (χ0) is 18.9. The molecule has 25 heavy (non-hydrogen) atoms. The Kier molecular flexibility index (Phi) is 11.5. The zero-order valence-electron chi connectivity index (χ0n) is 14.2. The van der Waals surface area contributed by atoms with E-state index in [0.717, 1.165) is 22.8 Å². The molecule has 0 saturated carbocycles. The average Bonchev–Trinajstić information content (AvgIpc) is 2.46. The van der Waals surface area contributed by atoms with E-state index in [1.54, 1.807) is 0 Å².